The lowest BCUT2D eigenvalue weighted by Gasteiger charge is -2.19. The van der Waals surface area contributed by atoms with E-state index in [2.05, 4.69) is 20.3 Å². The predicted octanol–water partition coefficient (Wildman–Crippen LogP) is 3.01. The first-order valence-electron chi connectivity index (χ1n) is 9.42. The molecule has 2 aromatic heterocycles. The van der Waals surface area contributed by atoms with Crippen LogP contribution in [0, 0.1) is 0 Å². The van der Waals surface area contributed by atoms with Gasteiger partial charge in [0.05, 0.1) is 24.4 Å². The number of methoxy groups -OCH3 is 1. The lowest BCUT2D eigenvalue weighted by molar-refractivity contribution is 0.0936. The molecule has 2 heterocycles. The lowest BCUT2D eigenvalue weighted by Crippen LogP contribution is -2.30. The van der Waals surface area contributed by atoms with Gasteiger partial charge in [0.15, 0.2) is 0 Å². The van der Waals surface area contributed by atoms with Crippen molar-refractivity contribution >= 4 is 5.91 Å². The van der Waals surface area contributed by atoms with E-state index in [9.17, 15) is 9.59 Å². The standard InChI is InChI=1S/C22H24N4O3/c1-14(2)21-24-17(12-19(27)26-21)11-18(15-7-5-4-6-8-15)25-22(28)16-9-10-20(29-3)23-13-16/h4-10,12-14,18H,11H2,1-3H3,(H,25,28)(H,24,26,27). The monoisotopic (exact) mass is 392 g/mol. The summed E-state index contributed by atoms with van der Waals surface area (Å²) in [5, 5.41) is 3.03. The van der Waals surface area contributed by atoms with Gasteiger partial charge in [0.1, 0.15) is 5.82 Å². The van der Waals surface area contributed by atoms with Crippen LogP contribution in [0.2, 0.25) is 0 Å². The summed E-state index contributed by atoms with van der Waals surface area (Å²) in [5.41, 5.74) is 1.78. The number of pyridine rings is 1. The zero-order chi connectivity index (χ0) is 20.8. The fraction of sp³-hybridized carbons (Fsp3) is 0.273. The molecule has 0 spiro atoms. The van der Waals surface area contributed by atoms with Crippen molar-refractivity contribution in [2.45, 2.75) is 32.2 Å². The third kappa shape index (κ3) is 5.28. The van der Waals surface area contributed by atoms with E-state index in [4.69, 9.17) is 4.74 Å². The van der Waals surface area contributed by atoms with Crippen molar-refractivity contribution in [1.29, 1.82) is 0 Å². The minimum atomic E-state index is -0.347. The van der Waals surface area contributed by atoms with E-state index in [0.29, 0.717) is 29.4 Å². The van der Waals surface area contributed by atoms with Gasteiger partial charge in [0.25, 0.3) is 11.5 Å². The average Bonchev–Trinajstić information content (AvgIpc) is 2.73. The van der Waals surface area contributed by atoms with Gasteiger partial charge in [0.2, 0.25) is 5.88 Å². The number of carbonyl (C=O) groups excluding carboxylic acids is 1. The molecule has 0 aliphatic carbocycles. The smallest absolute Gasteiger partial charge is 0.253 e. The molecule has 0 saturated carbocycles. The van der Waals surface area contributed by atoms with E-state index < -0.39 is 0 Å². The van der Waals surface area contributed by atoms with Crippen molar-refractivity contribution in [2.75, 3.05) is 7.11 Å². The summed E-state index contributed by atoms with van der Waals surface area (Å²) in [6, 6.07) is 14.0. The van der Waals surface area contributed by atoms with Crippen molar-refractivity contribution in [3.8, 4) is 5.88 Å². The number of nitrogens with zero attached hydrogens (tertiary/aromatic N) is 2. The fourth-order valence-electron chi connectivity index (χ4n) is 2.93. The van der Waals surface area contributed by atoms with E-state index in [1.807, 2.05) is 44.2 Å². The van der Waals surface area contributed by atoms with E-state index in [1.54, 1.807) is 12.1 Å². The molecule has 1 atom stereocenters. The van der Waals surface area contributed by atoms with E-state index in [1.165, 1.54) is 19.4 Å². The summed E-state index contributed by atoms with van der Waals surface area (Å²) < 4.78 is 5.04. The Kier molecular flexibility index (Phi) is 6.39. The van der Waals surface area contributed by atoms with Crippen LogP contribution in [0.3, 0.4) is 0 Å². The van der Waals surface area contributed by atoms with Crippen LogP contribution in [-0.4, -0.2) is 28.0 Å². The topological polar surface area (TPSA) is 97.0 Å². The first-order chi connectivity index (χ1) is 14.0. The van der Waals surface area contributed by atoms with Gasteiger partial charge in [-0.2, -0.15) is 0 Å². The van der Waals surface area contributed by atoms with E-state index in [0.717, 1.165) is 5.56 Å². The molecule has 1 aromatic carbocycles. The SMILES string of the molecule is COc1ccc(C(=O)NC(Cc2cc(=O)[nH]c(C(C)C)n2)c2ccccc2)cn1. The number of nitrogens with one attached hydrogen (secondary N) is 2. The number of benzene rings is 1. The maximum atomic E-state index is 12.8. The molecule has 7 nitrogen and oxygen atoms in total. The normalized spacial score (nSPS) is 11.9. The van der Waals surface area contributed by atoms with Crippen molar-refractivity contribution in [3.63, 3.8) is 0 Å². The molecule has 150 valence electrons. The van der Waals surface area contributed by atoms with Crippen molar-refractivity contribution < 1.29 is 9.53 Å². The number of amides is 1. The first kappa shape index (κ1) is 20.3. The average molecular weight is 392 g/mol. The molecule has 0 bridgehead atoms. The second-order valence-corrected chi connectivity index (χ2v) is 7.01. The van der Waals surface area contributed by atoms with E-state index >= 15 is 0 Å². The van der Waals surface area contributed by atoms with Gasteiger partial charge in [-0.05, 0) is 11.6 Å². The molecule has 0 radical (unpaired) electrons. The highest BCUT2D eigenvalue weighted by Gasteiger charge is 2.18. The van der Waals surface area contributed by atoms with Crippen molar-refractivity contribution in [1.82, 2.24) is 20.3 Å². The third-order valence-electron chi connectivity index (χ3n) is 4.49. The molecule has 0 fully saturated rings. The van der Waals surface area contributed by atoms with Gasteiger partial charge >= 0.3 is 0 Å². The first-order valence-corrected chi connectivity index (χ1v) is 9.42. The minimum absolute atomic E-state index is 0.0952. The highest BCUT2D eigenvalue weighted by atomic mass is 16.5. The number of carbonyl (C=O) groups is 1. The Hall–Kier alpha value is -3.48. The molecular weight excluding hydrogens is 368 g/mol. The van der Waals surface area contributed by atoms with Crippen LogP contribution >= 0.6 is 0 Å². The molecule has 7 heteroatoms. The van der Waals surface area contributed by atoms with Crippen LogP contribution in [0.1, 0.15) is 53.2 Å². The highest BCUT2D eigenvalue weighted by Crippen LogP contribution is 2.19. The fourth-order valence-corrected chi connectivity index (χ4v) is 2.93. The summed E-state index contributed by atoms with van der Waals surface area (Å²) in [5.74, 6) is 0.904. The Morgan fingerprint density at radius 3 is 2.55 bits per heavy atom. The molecular formula is C22H24N4O3. The van der Waals surface area contributed by atoms with Crippen molar-refractivity contribution in [2.24, 2.45) is 0 Å². The van der Waals surface area contributed by atoms with Crippen LogP contribution in [0.15, 0.2) is 59.5 Å². The van der Waals surface area contributed by atoms with Gasteiger partial charge in [-0.15, -0.1) is 0 Å². The lowest BCUT2D eigenvalue weighted by atomic mass is 10.0. The second kappa shape index (κ2) is 9.14. The molecule has 3 aromatic rings. The second-order valence-electron chi connectivity index (χ2n) is 7.01. The molecule has 2 N–H and O–H groups in total. The van der Waals surface area contributed by atoms with Gasteiger partial charge in [-0.25, -0.2) is 9.97 Å². The minimum Gasteiger partial charge on any atom is -0.481 e. The summed E-state index contributed by atoms with van der Waals surface area (Å²) in [6.45, 7) is 3.93. The third-order valence-corrected chi connectivity index (χ3v) is 4.49. The molecule has 1 unspecified atom stereocenters. The molecule has 3 rings (SSSR count). The van der Waals surface area contributed by atoms with Gasteiger partial charge in [-0.1, -0.05) is 44.2 Å². The van der Waals surface area contributed by atoms with Crippen LogP contribution in [0.25, 0.3) is 0 Å². The molecule has 0 aliphatic heterocycles. The number of hydrogen-bond acceptors (Lipinski definition) is 5. The number of ether oxygens (including phenoxy) is 1. The number of H-pyrrole nitrogens is 1. The van der Waals surface area contributed by atoms with Gasteiger partial charge in [0, 0.05) is 30.7 Å². The number of aromatic nitrogens is 3. The Balaban J connectivity index is 1.87. The quantitative estimate of drug-likeness (QED) is 0.644. The Morgan fingerprint density at radius 1 is 1.17 bits per heavy atom. The number of rotatable bonds is 7. The van der Waals surface area contributed by atoms with E-state index in [-0.39, 0.29) is 23.4 Å². The maximum absolute atomic E-state index is 12.8. The van der Waals surface area contributed by atoms with Gasteiger partial charge in [-0.3, -0.25) is 9.59 Å². The number of hydrogen-bond donors (Lipinski definition) is 2. The summed E-state index contributed by atoms with van der Waals surface area (Å²) in [4.78, 5) is 36.2. The van der Waals surface area contributed by atoms with Crippen LogP contribution in [0.5, 0.6) is 5.88 Å². The van der Waals surface area contributed by atoms with Gasteiger partial charge < -0.3 is 15.0 Å². The van der Waals surface area contributed by atoms with Crippen molar-refractivity contribution in [3.05, 3.63) is 87.7 Å². The summed E-state index contributed by atoms with van der Waals surface area (Å²) >= 11 is 0. The Labute approximate surface area is 169 Å². The molecule has 1 amide bonds. The summed E-state index contributed by atoms with van der Waals surface area (Å²) in [7, 11) is 1.52. The van der Waals surface area contributed by atoms with Crippen LogP contribution in [-0.2, 0) is 6.42 Å². The Bertz CT molecular complexity index is 1010. The zero-order valence-corrected chi connectivity index (χ0v) is 16.7. The highest BCUT2D eigenvalue weighted by molar-refractivity contribution is 5.94. The Morgan fingerprint density at radius 2 is 1.93 bits per heavy atom. The maximum Gasteiger partial charge on any atom is 0.253 e. The predicted molar refractivity (Wildman–Crippen MR) is 110 cm³/mol. The number of aromatic amines is 1. The van der Waals surface area contributed by atoms with Crippen LogP contribution < -0.4 is 15.6 Å². The molecule has 29 heavy (non-hydrogen) atoms. The molecule has 0 saturated heterocycles. The zero-order valence-electron chi connectivity index (χ0n) is 16.7. The van der Waals surface area contributed by atoms with Crippen LogP contribution in [0.4, 0.5) is 0 Å². The molecule has 0 aliphatic rings. The summed E-state index contributed by atoms with van der Waals surface area (Å²) in [6.07, 6.45) is 1.86. The largest absolute Gasteiger partial charge is 0.481 e.